The van der Waals surface area contributed by atoms with Gasteiger partial charge in [0, 0.05) is 22.7 Å². The number of halogens is 2. The smallest absolute Gasteiger partial charge is 0.216 e. The molecule has 1 atom stereocenters. The minimum Gasteiger partial charge on any atom is -0.396 e. The van der Waals surface area contributed by atoms with Crippen LogP contribution in [0.1, 0.15) is 25.3 Å². The lowest BCUT2D eigenvalue weighted by molar-refractivity contribution is 0.279. The first-order valence-electron chi connectivity index (χ1n) is 5.89. The largest absolute Gasteiger partial charge is 0.396 e. The predicted molar refractivity (Wildman–Crippen MR) is 78.0 cm³/mol. The van der Waals surface area contributed by atoms with Crippen LogP contribution < -0.4 is 4.72 Å². The summed E-state index contributed by atoms with van der Waals surface area (Å²) in [6.45, 7) is 1.81. The van der Waals surface area contributed by atoms with E-state index in [9.17, 15) is 8.42 Å². The highest BCUT2D eigenvalue weighted by Gasteiger charge is 2.16. The minimum atomic E-state index is -3.46. The highest BCUT2D eigenvalue weighted by molar-refractivity contribution is 7.88. The van der Waals surface area contributed by atoms with E-state index in [0.29, 0.717) is 28.5 Å². The van der Waals surface area contributed by atoms with Crippen LogP contribution in [0.5, 0.6) is 0 Å². The SMILES string of the molecule is CC(CCCO)NS(=O)(=O)Cc1ccc(Cl)cc1Cl. The number of benzene rings is 1. The fourth-order valence-corrected chi connectivity index (χ4v) is 3.68. The topological polar surface area (TPSA) is 66.4 Å². The number of hydrogen-bond donors (Lipinski definition) is 2. The van der Waals surface area contributed by atoms with Crippen LogP contribution in [0.15, 0.2) is 18.2 Å². The van der Waals surface area contributed by atoms with Gasteiger partial charge in [-0.25, -0.2) is 13.1 Å². The van der Waals surface area contributed by atoms with Gasteiger partial charge in [-0.2, -0.15) is 0 Å². The molecule has 1 unspecified atom stereocenters. The Balaban J connectivity index is 2.68. The van der Waals surface area contributed by atoms with Gasteiger partial charge in [0.15, 0.2) is 0 Å². The molecule has 108 valence electrons. The Morgan fingerprint density at radius 2 is 2.05 bits per heavy atom. The Bertz CT molecular complexity index is 520. The predicted octanol–water partition coefficient (Wildman–Crippen LogP) is 2.57. The number of sulfonamides is 1. The molecule has 1 rings (SSSR count). The maximum absolute atomic E-state index is 11.9. The molecule has 0 radical (unpaired) electrons. The van der Waals surface area contributed by atoms with Crippen molar-refractivity contribution in [2.24, 2.45) is 0 Å². The quantitative estimate of drug-likeness (QED) is 0.809. The summed E-state index contributed by atoms with van der Waals surface area (Å²) in [7, 11) is -3.46. The first-order chi connectivity index (χ1) is 8.84. The second-order valence-electron chi connectivity index (χ2n) is 4.38. The molecular formula is C12H17Cl2NO3S. The highest BCUT2D eigenvalue weighted by atomic mass is 35.5. The van der Waals surface area contributed by atoms with E-state index in [1.165, 1.54) is 6.07 Å². The zero-order chi connectivity index (χ0) is 14.5. The lowest BCUT2D eigenvalue weighted by Gasteiger charge is -2.14. The molecule has 0 aliphatic carbocycles. The molecule has 0 saturated heterocycles. The Morgan fingerprint density at radius 1 is 1.37 bits per heavy atom. The van der Waals surface area contributed by atoms with Gasteiger partial charge in [-0.15, -0.1) is 0 Å². The molecule has 0 spiro atoms. The Morgan fingerprint density at radius 3 is 2.63 bits per heavy atom. The summed E-state index contributed by atoms with van der Waals surface area (Å²) in [5.41, 5.74) is 0.507. The number of aliphatic hydroxyl groups is 1. The number of aliphatic hydroxyl groups excluding tert-OH is 1. The molecule has 0 fully saturated rings. The van der Waals surface area contributed by atoms with Crippen LogP contribution in [-0.2, 0) is 15.8 Å². The van der Waals surface area contributed by atoms with Crippen molar-refractivity contribution in [2.75, 3.05) is 6.61 Å². The van der Waals surface area contributed by atoms with Crippen molar-refractivity contribution in [3.05, 3.63) is 33.8 Å². The van der Waals surface area contributed by atoms with Crippen LogP contribution in [0.3, 0.4) is 0 Å². The van der Waals surface area contributed by atoms with Crippen molar-refractivity contribution in [1.82, 2.24) is 4.72 Å². The van der Waals surface area contributed by atoms with E-state index in [1.807, 2.05) is 0 Å². The summed E-state index contributed by atoms with van der Waals surface area (Å²) in [6.07, 6.45) is 1.15. The fraction of sp³-hybridized carbons (Fsp3) is 0.500. The second kappa shape index (κ2) is 7.45. The zero-order valence-corrected chi connectivity index (χ0v) is 12.9. The highest BCUT2D eigenvalue weighted by Crippen LogP contribution is 2.22. The van der Waals surface area contributed by atoms with Crippen LogP contribution in [0, 0.1) is 0 Å². The summed E-state index contributed by atoms with van der Waals surface area (Å²) in [6, 6.07) is 4.50. The molecule has 19 heavy (non-hydrogen) atoms. The first-order valence-corrected chi connectivity index (χ1v) is 8.29. The average molecular weight is 326 g/mol. The van der Waals surface area contributed by atoms with Gasteiger partial charge in [-0.1, -0.05) is 29.3 Å². The minimum absolute atomic E-state index is 0.0507. The van der Waals surface area contributed by atoms with Crippen molar-refractivity contribution < 1.29 is 13.5 Å². The second-order valence-corrected chi connectivity index (χ2v) is 6.98. The Kier molecular flexibility index (Phi) is 6.56. The summed E-state index contributed by atoms with van der Waals surface area (Å²) < 4.78 is 26.4. The van der Waals surface area contributed by atoms with E-state index in [0.717, 1.165) is 0 Å². The van der Waals surface area contributed by atoms with Gasteiger partial charge >= 0.3 is 0 Å². The molecule has 2 N–H and O–H groups in total. The first kappa shape index (κ1) is 16.7. The van der Waals surface area contributed by atoms with Gasteiger partial charge in [-0.3, -0.25) is 0 Å². The van der Waals surface area contributed by atoms with E-state index >= 15 is 0 Å². The molecule has 0 saturated carbocycles. The van der Waals surface area contributed by atoms with Gasteiger partial charge in [-0.05, 0) is 37.5 Å². The van der Waals surface area contributed by atoms with Crippen LogP contribution in [0.2, 0.25) is 10.0 Å². The lowest BCUT2D eigenvalue weighted by Crippen LogP contribution is -2.33. The molecule has 1 aromatic rings. The number of rotatable bonds is 7. The fourth-order valence-electron chi connectivity index (χ4n) is 1.65. The van der Waals surface area contributed by atoms with E-state index in [1.54, 1.807) is 19.1 Å². The summed E-state index contributed by atoms with van der Waals surface area (Å²) in [5.74, 6) is -0.188. The van der Waals surface area contributed by atoms with E-state index in [-0.39, 0.29) is 18.4 Å². The zero-order valence-electron chi connectivity index (χ0n) is 10.6. The Hall–Kier alpha value is -0.330. The normalized spacial score (nSPS) is 13.5. The monoisotopic (exact) mass is 325 g/mol. The molecule has 4 nitrogen and oxygen atoms in total. The lowest BCUT2D eigenvalue weighted by atomic mass is 10.2. The van der Waals surface area contributed by atoms with Crippen LogP contribution >= 0.6 is 23.2 Å². The Labute approximate surface area is 123 Å². The van der Waals surface area contributed by atoms with Crippen molar-refractivity contribution in [3.8, 4) is 0 Å². The van der Waals surface area contributed by atoms with E-state index in [2.05, 4.69) is 4.72 Å². The summed E-state index contributed by atoms with van der Waals surface area (Å²) >= 11 is 11.7. The molecule has 0 aromatic heterocycles. The van der Waals surface area contributed by atoms with Gasteiger partial charge < -0.3 is 5.11 Å². The molecule has 0 bridgehead atoms. The molecule has 1 aromatic carbocycles. The van der Waals surface area contributed by atoms with Gasteiger partial charge in [0.05, 0.1) is 5.75 Å². The molecule has 0 aliphatic heterocycles. The standard InChI is InChI=1S/C12H17Cl2NO3S/c1-9(3-2-6-16)15-19(17,18)8-10-4-5-11(13)7-12(10)14/h4-5,7,9,15-16H,2-3,6,8H2,1H3. The van der Waals surface area contributed by atoms with Crippen molar-refractivity contribution in [2.45, 2.75) is 31.6 Å². The van der Waals surface area contributed by atoms with Gasteiger partial charge in [0.25, 0.3) is 0 Å². The average Bonchev–Trinajstić information content (AvgIpc) is 2.29. The molecule has 0 aliphatic rings. The third-order valence-electron chi connectivity index (χ3n) is 2.54. The number of nitrogens with one attached hydrogen (secondary N) is 1. The van der Waals surface area contributed by atoms with Gasteiger partial charge in [0.2, 0.25) is 10.0 Å². The molecule has 0 heterocycles. The van der Waals surface area contributed by atoms with Crippen molar-refractivity contribution in [1.29, 1.82) is 0 Å². The molecular weight excluding hydrogens is 309 g/mol. The molecule has 0 amide bonds. The maximum atomic E-state index is 11.9. The third kappa shape index (κ3) is 6.10. The maximum Gasteiger partial charge on any atom is 0.216 e. The third-order valence-corrected chi connectivity index (χ3v) is 4.58. The van der Waals surface area contributed by atoms with Gasteiger partial charge in [0.1, 0.15) is 0 Å². The van der Waals surface area contributed by atoms with Crippen LogP contribution in [-0.4, -0.2) is 26.2 Å². The molecule has 7 heteroatoms. The summed E-state index contributed by atoms with van der Waals surface area (Å²) in [4.78, 5) is 0. The number of hydrogen-bond acceptors (Lipinski definition) is 3. The van der Waals surface area contributed by atoms with Crippen LogP contribution in [0.25, 0.3) is 0 Å². The van der Waals surface area contributed by atoms with E-state index < -0.39 is 10.0 Å². The summed E-state index contributed by atoms with van der Waals surface area (Å²) in [5, 5.41) is 9.51. The van der Waals surface area contributed by atoms with Crippen molar-refractivity contribution in [3.63, 3.8) is 0 Å². The van der Waals surface area contributed by atoms with Crippen LogP contribution in [0.4, 0.5) is 0 Å². The van der Waals surface area contributed by atoms with E-state index in [4.69, 9.17) is 28.3 Å². The van der Waals surface area contributed by atoms with Crippen molar-refractivity contribution >= 4 is 33.2 Å².